The van der Waals surface area contributed by atoms with E-state index in [1.807, 2.05) is 12.1 Å². The molecular formula is C78H101N10O19+. The molecule has 1 unspecified atom stereocenters. The second-order valence-corrected chi connectivity index (χ2v) is 29.6. The number of methoxy groups -OCH3 is 1. The lowest BCUT2D eigenvalue weighted by Gasteiger charge is -2.43. The van der Waals surface area contributed by atoms with E-state index in [4.69, 9.17) is 34.1 Å². The van der Waals surface area contributed by atoms with Crippen LogP contribution in [0.4, 0.5) is 21.9 Å². The average Bonchev–Trinajstić information content (AvgIpc) is 1.54. The van der Waals surface area contributed by atoms with Crippen molar-refractivity contribution in [3.63, 3.8) is 0 Å². The summed E-state index contributed by atoms with van der Waals surface area (Å²) in [6.07, 6.45) is 9.06. The van der Waals surface area contributed by atoms with Gasteiger partial charge in [0.2, 0.25) is 23.2 Å². The summed E-state index contributed by atoms with van der Waals surface area (Å²) in [4.78, 5) is 142. The number of piperidine rings is 1. The predicted octanol–water partition coefficient (Wildman–Crippen LogP) is 7.40. The number of ether oxygens (including phenoxy) is 4. The molecule has 0 radical (unpaired) electrons. The molecule has 11 N–H and O–H groups in total. The van der Waals surface area contributed by atoms with E-state index in [0.717, 1.165) is 10.5 Å². The van der Waals surface area contributed by atoms with Crippen molar-refractivity contribution in [2.75, 3.05) is 62.9 Å². The van der Waals surface area contributed by atoms with Crippen molar-refractivity contribution in [2.24, 2.45) is 35.3 Å². The van der Waals surface area contributed by atoms with Crippen LogP contribution in [0.2, 0.25) is 0 Å². The molecule has 1 saturated heterocycles. The highest BCUT2D eigenvalue weighted by molar-refractivity contribution is 6.22. The fourth-order valence-electron chi connectivity index (χ4n) is 14.6. The van der Waals surface area contributed by atoms with Crippen LogP contribution in [-0.4, -0.2) is 184 Å². The summed E-state index contributed by atoms with van der Waals surface area (Å²) in [5.41, 5.74) is 5.48. The molecule has 1 aliphatic carbocycles. The number of anilines is 3. The van der Waals surface area contributed by atoms with Crippen molar-refractivity contribution in [1.29, 1.82) is 0 Å². The smallest absolute Gasteiger partial charge is 0.312 e. The Hall–Kier alpha value is -10.2. The molecule has 9 rings (SSSR count). The van der Waals surface area contributed by atoms with Gasteiger partial charge in [0.1, 0.15) is 58.9 Å². The Morgan fingerprint density at radius 1 is 0.860 bits per heavy atom. The molecule has 576 valence electrons. The standard InChI is InChI=1S/C78H100N10O19/c1-40(2)62(83-56(91)22-15-14-16-33-87-57(92)27-28-58(87)93)76(101)82-52(21-18-32-80-77(79)102)75(100)81-49-25-23-48(24-26-49)39-88(11,12)51-29-34-86(35-30-51)50-37-53(90)63-55(38-50)106-72-64(84-63)59-60-68(96)46(8)71-61(59)73(98)78(10,107-71)104-36-31-54(103-13)43(5)70(105-47(9)89)45(7)67(95)44(6)66(94)41(3)19-17-20-42(4)74(99)85-65(72)69(60)97/h17,19-20,23-28,31,36-38,40-41,43-45,51-52,54,62,66-67,70,94-95H,14-16,18,21-22,29-30,32-35,39H2,1-13H3,(H8-,79,80,81,82,83,84,85,90,91,92,93,96,97,98,99,100,101,102)/p+1/b19-17+,36-31+,42-20-/t41-,43+,44+,45+,52-,54-,62-,66-,67+,70?,78-/m0/s1. The van der Waals surface area contributed by atoms with Gasteiger partial charge in [0, 0.05) is 148 Å². The van der Waals surface area contributed by atoms with Crippen LogP contribution in [0.25, 0.3) is 33.3 Å². The maximum absolute atomic E-state index is 15.2. The third-order valence-electron chi connectivity index (χ3n) is 21.1. The van der Waals surface area contributed by atoms with Gasteiger partial charge in [0.25, 0.3) is 23.5 Å². The number of imide groups is 1. The number of aromatic nitrogens is 1. The first-order chi connectivity index (χ1) is 50.5. The quantitative estimate of drug-likeness (QED) is 0.00805. The lowest BCUT2D eigenvalue weighted by molar-refractivity contribution is -0.928. The number of rotatable bonds is 22. The zero-order chi connectivity index (χ0) is 78.3. The third kappa shape index (κ3) is 18.3. The summed E-state index contributed by atoms with van der Waals surface area (Å²) in [5.74, 6) is -11.0. The molecule has 107 heavy (non-hydrogen) atoms. The number of esters is 1. The largest absolute Gasteiger partial charge is 0.507 e. The van der Waals surface area contributed by atoms with Crippen molar-refractivity contribution >= 4 is 92.2 Å². The summed E-state index contributed by atoms with van der Waals surface area (Å²) < 4.78 is 31.4. The van der Waals surface area contributed by atoms with E-state index in [1.165, 1.54) is 71.4 Å². The van der Waals surface area contributed by atoms with Gasteiger partial charge in [-0.2, -0.15) is 0 Å². The number of carbonyl (C=O) groups is 9. The van der Waals surface area contributed by atoms with Crippen LogP contribution in [-0.2, 0) is 54.3 Å². The van der Waals surface area contributed by atoms with Crippen LogP contribution in [0.15, 0.2) is 93.9 Å². The van der Waals surface area contributed by atoms with Gasteiger partial charge in [-0.1, -0.05) is 78.3 Å². The number of hydrogen-bond acceptors (Lipinski definition) is 21. The number of ketones is 1. The second kappa shape index (κ2) is 34.1. The number of quaternary nitrogens is 1. The average molecular weight is 1480 g/mol. The Morgan fingerprint density at radius 2 is 1.54 bits per heavy atom. The van der Waals surface area contributed by atoms with Gasteiger partial charge in [-0.3, -0.25) is 48.1 Å². The zero-order valence-electron chi connectivity index (χ0n) is 62.9. The number of phenols is 2. The van der Waals surface area contributed by atoms with Crippen molar-refractivity contribution in [3.8, 4) is 28.7 Å². The van der Waals surface area contributed by atoms with Gasteiger partial charge >= 0.3 is 17.8 Å². The second-order valence-electron chi connectivity index (χ2n) is 29.6. The number of nitrogens with two attached hydrogens (primary N) is 1. The number of allylic oxidation sites excluding steroid dienone is 2. The maximum Gasteiger partial charge on any atom is 0.312 e. The number of benzene rings is 4. The molecule has 4 bridgehead atoms. The van der Waals surface area contributed by atoms with E-state index in [1.54, 1.807) is 71.9 Å². The predicted molar refractivity (Wildman–Crippen MR) is 399 cm³/mol. The van der Waals surface area contributed by atoms with Crippen LogP contribution >= 0.6 is 0 Å². The van der Waals surface area contributed by atoms with Crippen LogP contribution in [0, 0.1) is 36.5 Å². The van der Waals surface area contributed by atoms with Gasteiger partial charge in [0.05, 0.1) is 55.7 Å². The number of aliphatic hydroxyl groups is 2. The normalized spacial score (nSPS) is 24.2. The monoisotopic (exact) mass is 1480 g/mol. The Kier molecular flexibility index (Phi) is 25.8. The number of phenolic OH excluding ortho intramolecular Hbond substituents is 2. The van der Waals surface area contributed by atoms with Crippen molar-refractivity contribution < 1.29 is 91.4 Å². The molecular weight excluding hydrogens is 1380 g/mol. The molecule has 6 aliphatic rings. The summed E-state index contributed by atoms with van der Waals surface area (Å²) in [6.45, 7) is 17.9. The highest BCUT2D eigenvalue weighted by Gasteiger charge is 2.50. The molecule has 29 heteroatoms. The van der Waals surface area contributed by atoms with Crippen molar-refractivity contribution in [1.82, 2.24) is 25.8 Å². The Morgan fingerprint density at radius 3 is 2.19 bits per heavy atom. The third-order valence-corrected chi connectivity index (χ3v) is 21.1. The minimum atomic E-state index is -2.15. The number of urea groups is 1. The van der Waals surface area contributed by atoms with Gasteiger partial charge in [-0.05, 0) is 63.7 Å². The number of nitrogens with zero attached hydrogens (tertiary/aromatic N) is 4. The number of nitrogens with one attached hydrogen (secondary N) is 5. The molecule has 5 heterocycles. The summed E-state index contributed by atoms with van der Waals surface area (Å²) in [5, 5.41) is 60.6. The molecule has 3 aromatic carbocycles. The van der Waals surface area contributed by atoms with E-state index in [0.29, 0.717) is 67.6 Å². The fourth-order valence-corrected chi connectivity index (χ4v) is 14.6. The highest BCUT2D eigenvalue weighted by Crippen LogP contribution is 2.51. The van der Waals surface area contributed by atoms with Gasteiger partial charge in [-0.15, -0.1) is 0 Å². The summed E-state index contributed by atoms with van der Waals surface area (Å²) >= 11 is 0. The number of unbranched alkanes of at least 4 members (excludes halogenated alkanes) is 2. The minimum absolute atomic E-state index is 0.00257. The lowest BCUT2D eigenvalue weighted by atomic mass is 9.78. The van der Waals surface area contributed by atoms with E-state index in [2.05, 4.69) is 45.6 Å². The molecule has 3 aromatic rings. The molecule has 11 atom stereocenters. The van der Waals surface area contributed by atoms with E-state index in [9.17, 15) is 58.8 Å². The van der Waals surface area contributed by atoms with Gasteiger partial charge in [0.15, 0.2) is 11.3 Å². The van der Waals surface area contributed by atoms with Crippen LogP contribution in [0.3, 0.4) is 0 Å². The van der Waals surface area contributed by atoms with Crippen molar-refractivity contribution in [3.05, 3.63) is 112 Å². The Balaban J connectivity index is 0.933. The summed E-state index contributed by atoms with van der Waals surface area (Å²) in [7, 11) is 5.68. The first-order valence-corrected chi connectivity index (χ1v) is 36.3. The molecule has 0 spiro atoms. The molecule has 29 nitrogen and oxygen atoms in total. The summed E-state index contributed by atoms with van der Waals surface area (Å²) in [6, 6.07) is 7.93. The van der Waals surface area contributed by atoms with Crippen molar-refractivity contribution in [2.45, 2.75) is 175 Å². The van der Waals surface area contributed by atoms with Crippen LogP contribution < -0.4 is 47.4 Å². The van der Waals surface area contributed by atoms with Crippen LogP contribution in [0.1, 0.15) is 135 Å². The number of fused-ring (bicyclic) bond motifs is 2. The number of Topliss-reactive ketones (excluding diaryl/α,β-unsaturated/α-hetero) is 1. The fraction of sp³-hybridized carbons (Fsp3) is 0.500. The number of primary amides is 1. The van der Waals surface area contributed by atoms with E-state index in [-0.39, 0.29) is 118 Å². The number of carbonyl (C=O) groups excluding carboxylic acids is 9. The Bertz CT molecular complexity index is 4370. The van der Waals surface area contributed by atoms with E-state index >= 15 is 9.59 Å². The first-order valence-electron chi connectivity index (χ1n) is 36.3. The number of aliphatic hydroxyl groups excluding tert-OH is 2. The molecule has 0 aromatic heterocycles. The maximum atomic E-state index is 15.2. The molecule has 8 amide bonds. The minimum Gasteiger partial charge on any atom is -0.507 e. The number of aromatic hydroxyl groups is 2. The number of hydrogen-bond donors (Lipinski definition) is 10. The molecule has 1 fully saturated rings. The van der Waals surface area contributed by atoms with Crippen LogP contribution in [0.5, 0.6) is 17.2 Å². The van der Waals surface area contributed by atoms with Gasteiger partial charge < -0.3 is 85.5 Å². The highest BCUT2D eigenvalue weighted by atomic mass is 16.7. The lowest BCUT2D eigenvalue weighted by Crippen LogP contribution is -2.54. The topological polar surface area (TPSA) is 407 Å². The molecule has 0 saturated carbocycles. The number of amides is 8. The first kappa shape index (κ1) is 80.9. The zero-order valence-corrected chi connectivity index (χ0v) is 62.9. The van der Waals surface area contributed by atoms with Gasteiger partial charge in [-0.25, -0.2) is 9.78 Å². The molecule has 5 aliphatic heterocycles. The SMILES string of the molecule is CO[C@H]1/C=C/O[C@@]2(C)Oc3c(C)c(O)c4c(=O)c(c5oc6cc(N7CCC([N+](C)(C)Cc8ccc(NC(=O)[C@H](CCCNC(N)=O)NC(=O)[C@@H](NC(=O)CCCCCN9C(=O)C=CC9=O)C(C)C)cc8)CC7)cc(O)c6nc-5c4c3C2=O)NC(=O)/C(C)=C\C=C\[C@H](C)[C@H](O)[C@@H](C)[C@@H](O)[C@@H](C)C(OC(C)=O)[C@@H]1C. The Labute approximate surface area is 620 Å². The van der Waals surface area contributed by atoms with E-state index < -0.39 is 124 Å².